The number of aromatic nitrogens is 1. The Hall–Kier alpha value is -1.03. The molecule has 1 aromatic rings. The molecule has 1 aliphatic heterocycles. The van der Waals surface area contributed by atoms with Crippen LogP contribution in [-0.4, -0.2) is 17.5 Å². The third-order valence-electron chi connectivity index (χ3n) is 3.93. The van der Waals surface area contributed by atoms with E-state index in [-0.39, 0.29) is 23.5 Å². The summed E-state index contributed by atoms with van der Waals surface area (Å²) in [6.45, 7) is 8.67. The normalized spacial score (nSPS) is 22.4. The van der Waals surface area contributed by atoms with Gasteiger partial charge in [0.15, 0.2) is 0 Å². The van der Waals surface area contributed by atoms with Crippen LogP contribution in [0.15, 0.2) is 23.1 Å². The molecule has 1 fully saturated rings. The van der Waals surface area contributed by atoms with E-state index in [1.54, 1.807) is 12.3 Å². The van der Waals surface area contributed by atoms with Gasteiger partial charge in [-0.2, -0.15) is 0 Å². The molecular weight excluding hydrogens is 201 g/mol. The molecule has 86 valence electrons. The Balaban J connectivity index is 2.30. The summed E-state index contributed by atoms with van der Waals surface area (Å²) >= 11 is 0. The van der Waals surface area contributed by atoms with Gasteiger partial charge in [0.25, 0.3) is 0 Å². The number of aromatic amines is 1. The second-order valence-electron chi connectivity index (χ2n) is 5.69. The Bertz CT molecular complexity index is 434. The maximum absolute atomic E-state index is 11.3. The fourth-order valence-corrected chi connectivity index (χ4v) is 2.11. The van der Waals surface area contributed by atoms with Crippen LogP contribution in [0.3, 0.4) is 0 Å². The fourth-order valence-electron chi connectivity index (χ4n) is 2.11. The summed E-state index contributed by atoms with van der Waals surface area (Å²) in [4.78, 5) is 13.9. The Kier molecular flexibility index (Phi) is 2.50. The molecule has 1 N–H and O–H groups in total. The molecule has 1 aromatic heterocycles. The van der Waals surface area contributed by atoms with Crippen LogP contribution >= 0.6 is 0 Å². The lowest BCUT2D eigenvalue weighted by atomic mass is 9.54. The van der Waals surface area contributed by atoms with E-state index < -0.39 is 0 Å². The molecule has 2 heterocycles. The lowest BCUT2D eigenvalue weighted by Gasteiger charge is -2.34. The summed E-state index contributed by atoms with van der Waals surface area (Å²) in [6, 6.07) is 3.55. The highest BCUT2D eigenvalue weighted by atomic mass is 16.5. The van der Waals surface area contributed by atoms with Gasteiger partial charge in [-0.05, 0) is 37.1 Å². The van der Waals surface area contributed by atoms with Crippen LogP contribution in [0.1, 0.15) is 27.7 Å². The van der Waals surface area contributed by atoms with Crippen molar-refractivity contribution in [2.45, 2.75) is 39.6 Å². The first-order chi connectivity index (χ1) is 7.32. The second-order valence-corrected chi connectivity index (χ2v) is 5.69. The minimum absolute atomic E-state index is 0.0345. The molecule has 0 saturated carbocycles. The number of pyridine rings is 1. The maximum Gasteiger partial charge on any atom is 0.328 e. The van der Waals surface area contributed by atoms with Crippen LogP contribution in [0.25, 0.3) is 0 Å². The van der Waals surface area contributed by atoms with Crippen molar-refractivity contribution in [3.8, 4) is 0 Å². The molecule has 4 heteroatoms. The summed E-state index contributed by atoms with van der Waals surface area (Å²) in [6.07, 6.45) is 2.63. The first-order valence-corrected chi connectivity index (χ1v) is 5.68. The third kappa shape index (κ3) is 1.82. The van der Waals surface area contributed by atoms with E-state index >= 15 is 0 Å². The zero-order valence-electron chi connectivity index (χ0n) is 10.3. The standard InChI is InChI=1S/C12H18BNO2/c1-11(2)8-13(16-12(11,3)4)9-5-6-14-10(15)7-9/h5-7H,8H2,1-4H3,(H,14,15). The smallest absolute Gasteiger partial charge is 0.328 e. The summed E-state index contributed by atoms with van der Waals surface area (Å²) in [5, 5.41) is 0. The number of H-pyrrole nitrogens is 1. The lowest BCUT2D eigenvalue weighted by Crippen LogP contribution is -2.36. The molecule has 0 aromatic carbocycles. The Morgan fingerprint density at radius 1 is 1.38 bits per heavy atom. The van der Waals surface area contributed by atoms with E-state index in [1.807, 2.05) is 6.07 Å². The summed E-state index contributed by atoms with van der Waals surface area (Å²) < 4.78 is 6.05. The van der Waals surface area contributed by atoms with Gasteiger partial charge in [0.1, 0.15) is 0 Å². The monoisotopic (exact) mass is 219 g/mol. The molecule has 0 spiro atoms. The van der Waals surface area contributed by atoms with Crippen LogP contribution < -0.4 is 11.0 Å². The average Bonchev–Trinajstić information content (AvgIpc) is 2.36. The molecule has 3 nitrogen and oxygen atoms in total. The lowest BCUT2D eigenvalue weighted by molar-refractivity contribution is 0.0375. The van der Waals surface area contributed by atoms with E-state index in [9.17, 15) is 4.79 Å². The summed E-state index contributed by atoms with van der Waals surface area (Å²) in [5.41, 5.74) is 0.881. The van der Waals surface area contributed by atoms with Crippen molar-refractivity contribution < 1.29 is 4.65 Å². The van der Waals surface area contributed by atoms with E-state index in [1.165, 1.54) is 0 Å². The molecule has 0 bridgehead atoms. The Morgan fingerprint density at radius 2 is 2.06 bits per heavy atom. The van der Waals surface area contributed by atoms with Crippen molar-refractivity contribution in [2.24, 2.45) is 5.41 Å². The van der Waals surface area contributed by atoms with Crippen molar-refractivity contribution in [3.63, 3.8) is 0 Å². The first-order valence-electron chi connectivity index (χ1n) is 5.68. The largest absolute Gasteiger partial charge is 0.426 e. The SMILES string of the molecule is CC1(C)CB(c2cc[nH]c(=O)c2)OC1(C)C. The van der Waals surface area contributed by atoms with Gasteiger partial charge in [-0.15, -0.1) is 0 Å². The predicted octanol–water partition coefficient (Wildman–Crippen LogP) is 1.41. The van der Waals surface area contributed by atoms with Gasteiger partial charge < -0.3 is 9.64 Å². The minimum Gasteiger partial charge on any atom is -0.426 e. The molecule has 16 heavy (non-hydrogen) atoms. The number of hydrogen-bond donors (Lipinski definition) is 1. The highest BCUT2D eigenvalue weighted by Gasteiger charge is 2.49. The third-order valence-corrected chi connectivity index (χ3v) is 3.93. The van der Waals surface area contributed by atoms with Crippen molar-refractivity contribution in [1.82, 2.24) is 4.98 Å². The van der Waals surface area contributed by atoms with Gasteiger partial charge in [-0.25, -0.2) is 0 Å². The molecule has 1 saturated heterocycles. The molecule has 0 unspecified atom stereocenters. The van der Waals surface area contributed by atoms with Crippen LogP contribution in [0, 0.1) is 5.41 Å². The first kappa shape index (κ1) is 11.5. The molecule has 0 aliphatic carbocycles. The zero-order valence-corrected chi connectivity index (χ0v) is 10.3. The predicted molar refractivity (Wildman–Crippen MR) is 66.2 cm³/mol. The quantitative estimate of drug-likeness (QED) is 0.725. The second kappa shape index (κ2) is 3.49. The highest BCUT2D eigenvalue weighted by Crippen LogP contribution is 2.44. The molecule has 0 atom stereocenters. The maximum atomic E-state index is 11.3. The van der Waals surface area contributed by atoms with Crippen molar-refractivity contribution in [3.05, 3.63) is 28.7 Å². The van der Waals surface area contributed by atoms with Crippen LogP contribution in [0.4, 0.5) is 0 Å². The summed E-state index contributed by atoms with van der Waals surface area (Å²) in [5.74, 6) is 0. The van der Waals surface area contributed by atoms with Gasteiger partial charge in [0.05, 0.1) is 5.60 Å². The number of nitrogens with one attached hydrogen (secondary N) is 1. The average molecular weight is 219 g/mol. The minimum atomic E-state index is -0.153. The van der Waals surface area contributed by atoms with Gasteiger partial charge in [-0.1, -0.05) is 13.8 Å². The number of rotatable bonds is 1. The van der Waals surface area contributed by atoms with Gasteiger partial charge >= 0.3 is 6.92 Å². The van der Waals surface area contributed by atoms with Gasteiger partial charge in [0, 0.05) is 12.3 Å². The Morgan fingerprint density at radius 3 is 2.56 bits per heavy atom. The van der Waals surface area contributed by atoms with Crippen molar-refractivity contribution in [2.75, 3.05) is 0 Å². The zero-order chi connectivity index (χ0) is 12.0. The van der Waals surface area contributed by atoms with Crippen molar-refractivity contribution >= 4 is 12.4 Å². The van der Waals surface area contributed by atoms with Crippen molar-refractivity contribution in [1.29, 1.82) is 0 Å². The fraction of sp³-hybridized carbons (Fsp3) is 0.583. The van der Waals surface area contributed by atoms with E-state index in [2.05, 4.69) is 32.7 Å². The number of hydrogen-bond acceptors (Lipinski definition) is 2. The topological polar surface area (TPSA) is 42.1 Å². The van der Waals surface area contributed by atoms with Crippen LogP contribution in [-0.2, 0) is 4.65 Å². The molecule has 0 radical (unpaired) electrons. The van der Waals surface area contributed by atoms with E-state index in [0.29, 0.717) is 0 Å². The summed E-state index contributed by atoms with van der Waals surface area (Å²) in [7, 11) is 0. The molecule has 2 rings (SSSR count). The van der Waals surface area contributed by atoms with Gasteiger partial charge in [-0.3, -0.25) is 4.79 Å². The van der Waals surface area contributed by atoms with E-state index in [0.717, 1.165) is 11.8 Å². The molecule has 0 amide bonds. The van der Waals surface area contributed by atoms with Crippen LogP contribution in [0.5, 0.6) is 0 Å². The Labute approximate surface area is 96.3 Å². The molecule has 1 aliphatic rings. The molecular formula is C12H18BNO2. The van der Waals surface area contributed by atoms with E-state index in [4.69, 9.17) is 4.65 Å². The highest BCUT2D eigenvalue weighted by molar-refractivity contribution is 6.68. The van der Waals surface area contributed by atoms with Gasteiger partial charge in [0.2, 0.25) is 5.56 Å². The van der Waals surface area contributed by atoms with Crippen LogP contribution in [0.2, 0.25) is 6.32 Å².